The van der Waals surface area contributed by atoms with Gasteiger partial charge < -0.3 is 23.8 Å². The third-order valence-electron chi connectivity index (χ3n) is 6.35. The summed E-state index contributed by atoms with van der Waals surface area (Å²) in [5, 5.41) is 0. The molecule has 41 heavy (non-hydrogen) atoms. The lowest BCUT2D eigenvalue weighted by molar-refractivity contribution is -0.173. The van der Waals surface area contributed by atoms with Crippen LogP contribution < -0.4 is 4.90 Å². The molecule has 0 aliphatic rings. The smallest absolute Gasteiger partial charge is 0.335 e. The molecule has 0 aromatic heterocycles. The van der Waals surface area contributed by atoms with Gasteiger partial charge in [0.05, 0.1) is 13.2 Å². The van der Waals surface area contributed by atoms with Crippen molar-refractivity contribution in [3.05, 3.63) is 113 Å². The van der Waals surface area contributed by atoms with E-state index in [2.05, 4.69) is 50.1 Å². The van der Waals surface area contributed by atoms with Gasteiger partial charge in [-0.05, 0) is 100 Å². The number of anilines is 3. The molecule has 7 nitrogen and oxygen atoms in total. The molecule has 0 N–H and O–H groups in total. The van der Waals surface area contributed by atoms with Crippen LogP contribution in [0, 0.1) is 13.8 Å². The lowest BCUT2D eigenvalue weighted by Crippen LogP contribution is -2.18. The molecule has 3 rings (SSSR count). The van der Waals surface area contributed by atoms with E-state index in [1.807, 2.05) is 48.5 Å². The predicted octanol–water partition coefficient (Wildman–Crippen LogP) is 7.74. The molecule has 0 amide bonds. The first kappa shape index (κ1) is 31.3. The number of hydrogen-bond donors (Lipinski definition) is 0. The Morgan fingerprint density at radius 1 is 0.659 bits per heavy atom. The summed E-state index contributed by atoms with van der Waals surface area (Å²) >= 11 is 0. The first-order valence-corrected chi connectivity index (χ1v) is 13.5. The minimum Gasteiger partial charge on any atom is -0.433 e. The molecule has 0 aliphatic carbocycles. The molecule has 7 heteroatoms. The number of ether oxygens (including phenoxy) is 4. The van der Waals surface area contributed by atoms with Gasteiger partial charge in [0, 0.05) is 28.2 Å². The average molecular weight is 558 g/mol. The number of carbonyl (C=O) groups excluding carboxylic acids is 2. The van der Waals surface area contributed by atoms with Crippen LogP contribution in [-0.2, 0) is 41.8 Å². The van der Waals surface area contributed by atoms with E-state index in [0.717, 1.165) is 28.2 Å². The number of esters is 2. The Kier molecular flexibility index (Phi) is 11.0. The van der Waals surface area contributed by atoms with Crippen LogP contribution in [-0.4, -0.2) is 24.5 Å². The van der Waals surface area contributed by atoms with E-state index in [9.17, 15) is 9.59 Å². The molecule has 216 valence electrons. The Morgan fingerprint density at radius 2 is 1.05 bits per heavy atom. The summed E-state index contributed by atoms with van der Waals surface area (Å²) in [6.07, 6.45) is -1.37. The summed E-state index contributed by atoms with van der Waals surface area (Å²) in [5.74, 6) is -0.953. The fourth-order valence-corrected chi connectivity index (χ4v) is 3.79. The van der Waals surface area contributed by atoms with Gasteiger partial charge >= 0.3 is 11.9 Å². The van der Waals surface area contributed by atoms with E-state index in [1.165, 1.54) is 11.1 Å². The molecule has 0 aliphatic heterocycles. The molecule has 0 radical (unpaired) electrons. The summed E-state index contributed by atoms with van der Waals surface area (Å²) in [5.41, 5.74) is 7.94. The van der Waals surface area contributed by atoms with Crippen molar-refractivity contribution in [3.8, 4) is 0 Å². The fraction of sp³-hybridized carbons (Fsp3) is 0.294. The molecule has 2 atom stereocenters. The van der Waals surface area contributed by atoms with Gasteiger partial charge in [-0.3, -0.25) is 0 Å². The highest BCUT2D eigenvalue weighted by molar-refractivity contribution is 5.87. The first-order valence-electron chi connectivity index (χ1n) is 13.5. The highest BCUT2D eigenvalue weighted by Crippen LogP contribution is 2.35. The normalized spacial score (nSPS) is 12.2. The molecular weight excluding hydrogens is 518 g/mol. The number of carbonyl (C=O) groups is 2. The molecule has 3 aromatic carbocycles. The molecule has 0 bridgehead atoms. The largest absolute Gasteiger partial charge is 0.433 e. The predicted molar refractivity (Wildman–Crippen MR) is 161 cm³/mol. The van der Waals surface area contributed by atoms with Gasteiger partial charge in [0.15, 0.2) is 0 Å². The van der Waals surface area contributed by atoms with Crippen molar-refractivity contribution >= 4 is 29.0 Å². The average Bonchev–Trinajstić information content (AvgIpc) is 2.94. The summed E-state index contributed by atoms with van der Waals surface area (Å²) in [6, 6.07) is 22.5. The SMILES string of the molecule is C=C(C)C(=O)OC(C)OCc1ccc(N(c2ccc(COC(C)OC(=O)C(=C)C)cc2)c2ccc(C)c(C)c2)cc1. The number of rotatable bonds is 13. The summed E-state index contributed by atoms with van der Waals surface area (Å²) in [4.78, 5) is 25.6. The van der Waals surface area contributed by atoms with Gasteiger partial charge in [-0.25, -0.2) is 9.59 Å². The third kappa shape index (κ3) is 9.17. The second kappa shape index (κ2) is 14.4. The molecule has 0 saturated carbocycles. The Bertz CT molecular complexity index is 1300. The number of nitrogens with zero attached hydrogens (tertiary/aromatic N) is 1. The van der Waals surface area contributed by atoms with E-state index in [1.54, 1.807) is 27.7 Å². The molecule has 0 spiro atoms. The van der Waals surface area contributed by atoms with E-state index < -0.39 is 24.5 Å². The second-order valence-electron chi connectivity index (χ2n) is 10.1. The molecule has 0 fully saturated rings. The maximum absolute atomic E-state index is 11.7. The Morgan fingerprint density at radius 3 is 1.41 bits per heavy atom. The van der Waals surface area contributed by atoms with Crippen molar-refractivity contribution in [2.24, 2.45) is 0 Å². The molecule has 2 unspecified atom stereocenters. The van der Waals surface area contributed by atoms with Crippen molar-refractivity contribution in [1.29, 1.82) is 0 Å². The fourth-order valence-electron chi connectivity index (χ4n) is 3.79. The third-order valence-corrected chi connectivity index (χ3v) is 6.35. The summed E-state index contributed by atoms with van der Waals surface area (Å²) in [7, 11) is 0. The highest BCUT2D eigenvalue weighted by atomic mass is 16.7. The van der Waals surface area contributed by atoms with Gasteiger partial charge in [0.1, 0.15) is 0 Å². The molecule has 3 aromatic rings. The van der Waals surface area contributed by atoms with E-state index in [4.69, 9.17) is 18.9 Å². The minimum absolute atomic E-state index is 0.295. The van der Waals surface area contributed by atoms with Crippen molar-refractivity contribution in [2.75, 3.05) is 4.90 Å². The monoisotopic (exact) mass is 557 g/mol. The standard InChI is InChI=1S/C34H39NO6/c1-22(2)33(36)40-26(7)38-20-28-10-15-30(16-11-28)35(32-14-9-24(5)25(6)19-32)31-17-12-29(13-18-31)21-39-27(8)41-34(37)23(3)4/h9-19,26-27H,1,3,20-21H2,2,4-8H3. The molecule has 0 saturated heterocycles. The van der Waals surface area contributed by atoms with Crippen molar-refractivity contribution in [1.82, 2.24) is 0 Å². The summed E-state index contributed by atoms with van der Waals surface area (Å²) in [6.45, 7) is 18.5. The number of benzene rings is 3. The van der Waals surface area contributed by atoms with E-state index >= 15 is 0 Å². The van der Waals surface area contributed by atoms with E-state index in [-0.39, 0.29) is 0 Å². The van der Waals surface area contributed by atoms with Crippen LogP contribution in [0.25, 0.3) is 0 Å². The van der Waals surface area contributed by atoms with Crippen LogP contribution in [0.4, 0.5) is 17.1 Å². The van der Waals surface area contributed by atoms with Crippen LogP contribution >= 0.6 is 0 Å². The lowest BCUT2D eigenvalue weighted by atomic mass is 10.1. The van der Waals surface area contributed by atoms with Crippen molar-refractivity contribution < 1.29 is 28.5 Å². The Hall–Kier alpha value is -4.20. The van der Waals surface area contributed by atoms with Gasteiger partial charge in [-0.1, -0.05) is 43.5 Å². The lowest BCUT2D eigenvalue weighted by Gasteiger charge is -2.26. The zero-order chi connectivity index (χ0) is 30.1. The Labute approximate surface area is 243 Å². The zero-order valence-electron chi connectivity index (χ0n) is 24.7. The van der Waals surface area contributed by atoms with Gasteiger partial charge in [-0.15, -0.1) is 0 Å². The van der Waals surface area contributed by atoms with Gasteiger partial charge in [-0.2, -0.15) is 0 Å². The van der Waals surface area contributed by atoms with Crippen LogP contribution in [0.1, 0.15) is 49.9 Å². The summed E-state index contributed by atoms with van der Waals surface area (Å²) < 4.78 is 21.8. The van der Waals surface area contributed by atoms with E-state index in [0.29, 0.717) is 24.4 Å². The van der Waals surface area contributed by atoms with Gasteiger partial charge in [0.2, 0.25) is 12.6 Å². The maximum Gasteiger partial charge on any atom is 0.335 e. The van der Waals surface area contributed by atoms with Crippen LogP contribution in [0.15, 0.2) is 91.0 Å². The van der Waals surface area contributed by atoms with Crippen LogP contribution in [0.2, 0.25) is 0 Å². The van der Waals surface area contributed by atoms with Crippen molar-refractivity contribution in [2.45, 2.75) is 67.3 Å². The van der Waals surface area contributed by atoms with Crippen molar-refractivity contribution in [3.63, 3.8) is 0 Å². The van der Waals surface area contributed by atoms with Gasteiger partial charge in [0.25, 0.3) is 0 Å². The molecular formula is C34H39NO6. The maximum atomic E-state index is 11.7. The zero-order valence-corrected chi connectivity index (χ0v) is 24.7. The minimum atomic E-state index is -0.686. The molecule has 0 heterocycles. The quantitative estimate of drug-likeness (QED) is 0.121. The number of hydrogen-bond acceptors (Lipinski definition) is 7. The first-order chi connectivity index (χ1) is 19.4. The number of aryl methyl sites for hydroxylation is 2. The topological polar surface area (TPSA) is 74.3 Å². The van der Waals surface area contributed by atoms with Crippen LogP contribution in [0.3, 0.4) is 0 Å². The van der Waals surface area contributed by atoms with Crippen LogP contribution in [0.5, 0.6) is 0 Å². The Balaban J connectivity index is 1.76. The highest BCUT2D eigenvalue weighted by Gasteiger charge is 2.15. The second-order valence-corrected chi connectivity index (χ2v) is 10.1.